The number of carbonyl (C=O) groups excluding carboxylic acids is 2. The van der Waals surface area contributed by atoms with Gasteiger partial charge in [0.05, 0.1) is 11.3 Å². The lowest BCUT2D eigenvalue weighted by atomic mass is 10.2. The van der Waals surface area contributed by atoms with Crippen LogP contribution in [-0.4, -0.2) is 37.7 Å². The Balaban J connectivity index is 1.44. The van der Waals surface area contributed by atoms with Crippen molar-refractivity contribution in [1.29, 1.82) is 0 Å². The topological polar surface area (TPSA) is 52.7 Å². The van der Waals surface area contributed by atoms with Crippen LogP contribution in [0.5, 0.6) is 0 Å². The number of fused-ring (bicyclic) bond motifs is 1. The zero-order chi connectivity index (χ0) is 22.5. The Labute approximate surface area is 193 Å². The summed E-state index contributed by atoms with van der Waals surface area (Å²) in [6.45, 7) is 3.68. The summed E-state index contributed by atoms with van der Waals surface area (Å²) >= 11 is 1.41. The molecule has 3 aromatic carbocycles. The maximum absolute atomic E-state index is 13.0. The number of anilines is 3. The highest BCUT2D eigenvalue weighted by molar-refractivity contribution is 8.00. The Morgan fingerprint density at radius 2 is 1.81 bits per heavy atom. The van der Waals surface area contributed by atoms with Crippen LogP contribution in [0.25, 0.3) is 0 Å². The maximum Gasteiger partial charge on any atom is 0.256 e. The lowest BCUT2D eigenvalue weighted by Crippen LogP contribution is -2.30. The molecule has 0 spiro atoms. The van der Waals surface area contributed by atoms with Gasteiger partial charge in [-0.2, -0.15) is 0 Å². The van der Waals surface area contributed by atoms with Gasteiger partial charge in [-0.3, -0.25) is 9.59 Å². The quantitative estimate of drug-likeness (QED) is 0.516. The van der Waals surface area contributed by atoms with Gasteiger partial charge in [0.25, 0.3) is 5.91 Å². The standard InChI is InChI=1S/C26H27N3O2S/c1-3-28(2)21-11-8-10-20(17-21)27-26(31)22-12-5-7-14-24(22)32-18-25(30)29-16-15-19-9-4-6-13-23(19)29/h4-14,17H,3,15-16,18H2,1-2H3,(H,27,31). The Kier molecular flexibility index (Phi) is 6.81. The van der Waals surface area contributed by atoms with Crippen LogP contribution >= 0.6 is 11.8 Å². The number of rotatable bonds is 7. The molecule has 0 saturated heterocycles. The maximum atomic E-state index is 13.0. The Morgan fingerprint density at radius 3 is 2.66 bits per heavy atom. The molecule has 0 unspecified atom stereocenters. The second kappa shape index (κ2) is 9.92. The van der Waals surface area contributed by atoms with Gasteiger partial charge in [-0.15, -0.1) is 11.8 Å². The van der Waals surface area contributed by atoms with E-state index in [1.807, 2.05) is 72.6 Å². The normalized spacial score (nSPS) is 12.4. The van der Waals surface area contributed by atoms with Crippen molar-refractivity contribution in [1.82, 2.24) is 0 Å². The van der Waals surface area contributed by atoms with Gasteiger partial charge in [-0.05, 0) is 55.3 Å². The summed E-state index contributed by atoms with van der Waals surface area (Å²) in [6.07, 6.45) is 0.887. The van der Waals surface area contributed by atoms with Gasteiger partial charge in [0.1, 0.15) is 0 Å². The molecule has 32 heavy (non-hydrogen) atoms. The zero-order valence-corrected chi connectivity index (χ0v) is 19.2. The van der Waals surface area contributed by atoms with E-state index in [9.17, 15) is 9.59 Å². The number of nitrogens with one attached hydrogen (secondary N) is 1. The Hall–Kier alpha value is -3.25. The molecule has 0 fully saturated rings. The zero-order valence-electron chi connectivity index (χ0n) is 18.4. The minimum Gasteiger partial charge on any atom is -0.375 e. The first kappa shape index (κ1) is 22.0. The fourth-order valence-corrected chi connectivity index (χ4v) is 4.72. The predicted molar refractivity (Wildman–Crippen MR) is 133 cm³/mol. The van der Waals surface area contributed by atoms with Gasteiger partial charge in [-0.1, -0.05) is 36.4 Å². The first-order valence-corrected chi connectivity index (χ1v) is 11.8. The van der Waals surface area contributed by atoms with E-state index in [2.05, 4.69) is 23.2 Å². The molecule has 5 nitrogen and oxygen atoms in total. The number of thioether (sulfide) groups is 1. The molecule has 0 bridgehead atoms. The molecule has 1 heterocycles. The molecule has 3 aromatic rings. The molecule has 6 heteroatoms. The van der Waals surface area contributed by atoms with E-state index in [1.54, 1.807) is 6.07 Å². The highest BCUT2D eigenvalue weighted by atomic mass is 32.2. The van der Waals surface area contributed by atoms with Crippen LogP contribution in [0.2, 0.25) is 0 Å². The molecule has 0 aromatic heterocycles. The van der Waals surface area contributed by atoms with E-state index >= 15 is 0 Å². The van der Waals surface area contributed by atoms with E-state index in [4.69, 9.17) is 0 Å². The molecule has 1 aliphatic rings. The number of benzene rings is 3. The summed E-state index contributed by atoms with van der Waals surface area (Å²) in [4.78, 5) is 30.7. The third-order valence-electron chi connectivity index (χ3n) is 5.69. The number of para-hydroxylation sites is 1. The summed E-state index contributed by atoms with van der Waals surface area (Å²) < 4.78 is 0. The summed E-state index contributed by atoms with van der Waals surface area (Å²) in [5, 5.41) is 3.00. The highest BCUT2D eigenvalue weighted by Gasteiger charge is 2.24. The molecule has 0 atom stereocenters. The number of hydrogen-bond acceptors (Lipinski definition) is 4. The summed E-state index contributed by atoms with van der Waals surface area (Å²) in [5.41, 5.74) is 4.57. The Morgan fingerprint density at radius 1 is 1.03 bits per heavy atom. The first-order chi connectivity index (χ1) is 15.6. The van der Waals surface area contributed by atoms with Crippen molar-refractivity contribution in [2.45, 2.75) is 18.2 Å². The van der Waals surface area contributed by atoms with Crippen LogP contribution < -0.4 is 15.1 Å². The lowest BCUT2D eigenvalue weighted by Gasteiger charge is -2.18. The molecule has 1 aliphatic heterocycles. The SMILES string of the molecule is CCN(C)c1cccc(NC(=O)c2ccccc2SCC(=O)N2CCc3ccccc32)c1. The van der Waals surface area contributed by atoms with Gasteiger partial charge in [-0.25, -0.2) is 0 Å². The molecule has 164 valence electrons. The van der Waals surface area contributed by atoms with E-state index in [0.717, 1.165) is 34.9 Å². The molecule has 0 radical (unpaired) electrons. The van der Waals surface area contributed by atoms with Crippen molar-refractivity contribution in [2.75, 3.05) is 41.0 Å². The fourth-order valence-electron chi connectivity index (χ4n) is 3.80. The summed E-state index contributed by atoms with van der Waals surface area (Å²) in [6, 6.07) is 23.3. The van der Waals surface area contributed by atoms with Crippen LogP contribution in [0.4, 0.5) is 17.1 Å². The van der Waals surface area contributed by atoms with Crippen LogP contribution in [0.1, 0.15) is 22.8 Å². The molecule has 1 N–H and O–H groups in total. The lowest BCUT2D eigenvalue weighted by molar-refractivity contribution is -0.116. The van der Waals surface area contributed by atoms with Gasteiger partial charge >= 0.3 is 0 Å². The summed E-state index contributed by atoms with van der Waals surface area (Å²) in [5.74, 6) is 0.170. The smallest absolute Gasteiger partial charge is 0.256 e. The predicted octanol–water partition coefficient (Wildman–Crippen LogP) is 5.08. The van der Waals surface area contributed by atoms with E-state index in [0.29, 0.717) is 12.1 Å². The molecule has 0 aliphatic carbocycles. The van der Waals surface area contributed by atoms with Crippen molar-refractivity contribution in [3.63, 3.8) is 0 Å². The number of hydrogen-bond donors (Lipinski definition) is 1. The van der Waals surface area contributed by atoms with E-state index in [1.165, 1.54) is 17.3 Å². The number of carbonyl (C=O) groups is 2. The number of nitrogens with zero attached hydrogens (tertiary/aromatic N) is 2. The summed E-state index contributed by atoms with van der Waals surface area (Å²) in [7, 11) is 2.02. The minimum atomic E-state index is -0.177. The van der Waals surface area contributed by atoms with E-state index < -0.39 is 0 Å². The second-order valence-corrected chi connectivity index (χ2v) is 8.74. The van der Waals surface area contributed by atoms with Crippen LogP contribution in [0, 0.1) is 0 Å². The van der Waals surface area contributed by atoms with Crippen LogP contribution in [0.15, 0.2) is 77.7 Å². The van der Waals surface area contributed by atoms with Crippen molar-refractivity contribution in [3.8, 4) is 0 Å². The molecule has 2 amide bonds. The van der Waals surface area contributed by atoms with Crippen LogP contribution in [0.3, 0.4) is 0 Å². The second-order valence-electron chi connectivity index (χ2n) is 7.73. The third kappa shape index (κ3) is 4.81. The fraction of sp³-hybridized carbons (Fsp3) is 0.231. The van der Waals surface area contributed by atoms with E-state index in [-0.39, 0.29) is 17.6 Å². The Bertz CT molecular complexity index is 1130. The molecule has 4 rings (SSSR count). The molecular formula is C26H27N3O2S. The average Bonchev–Trinajstić information content (AvgIpc) is 3.26. The van der Waals surface area contributed by atoms with Crippen molar-refractivity contribution >= 4 is 40.6 Å². The number of amides is 2. The van der Waals surface area contributed by atoms with Gasteiger partial charge < -0.3 is 15.1 Å². The van der Waals surface area contributed by atoms with Crippen molar-refractivity contribution in [2.24, 2.45) is 0 Å². The largest absolute Gasteiger partial charge is 0.375 e. The highest BCUT2D eigenvalue weighted by Crippen LogP contribution is 2.30. The van der Waals surface area contributed by atoms with Gasteiger partial charge in [0, 0.05) is 42.1 Å². The minimum absolute atomic E-state index is 0.0606. The third-order valence-corrected chi connectivity index (χ3v) is 6.75. The molecular weight excluding hydrogens is 418 g/mol. The molecule has 0 saturated carbocycles. The van der Waals surface area contributed by atoms with Crippen LogP contribution in [-0.2, 0) is 11.2 Å². The monoisotopic (exact) mass is 445 g/mol. The average molecular weight is 446 g/mol. The first-order valence-electron chi connectivity index (χ1n) is 10.8. The van der Waals surface area contributed by atoms with Gasteiger partial charge in [0.2, 0.25) is 5.91 Å². The van der Waals surface area contributed by atoms with Crippen molar-refractivity contribution in [3.05, 3.63) is 83.9 Å². The van der Waals surface area contributed by atoms with Crippen molar-refractivity contribution < 1.29 is 9.59 Å². The van der Waals surface area contributed by atoms with Gasteiger partial charge in [0.15, 0.2) is 0 Å².